The van der Waals surface area contributed by atoms with Crippen molar-refractivity contribution in [3.05, 3.63) is 30.2 Å². The van der Waals surface area contributed by atoms with Gasteiger partial charge in [-0.2, -0.15) is 0 Å². The minimum absolute atomic E-state index is 1.04. The van der Waals surface area contributed by atoms with Gasteiger partial charge < -0.3 is 4.98 Å². The summed E-state index contributed by atoms with van der Waals surface area (Å²) in [5, 5.41) is 1.20. The minimum atomic E-state index is 1.04. The number of aromatic amines is 1. The fraction of sp³-hybridized carbons (Fsp3) is 0.222. The second-order valence-electron chi connectivity index (χ2n) is 2.63. The summed E-state index contributed by atoms with van der Waals surface area (Å²) < 4.78 is 0. The number of rotatable bonds is 1. The van der Waals surface area contributed by atoms with E-state index in [9.17, 15) is 0 Å². The Balaban J connectivity index is 2.67. The molecule has 2 nitrogen and oxygen atoms in total. The Kier molecular flexibility index (Phi) is 1.39. The summed E-state index contributed by atoms with van der Waals surface area (Å²) in [5.41, 5.74) is 2.33. The third kappa shape index (κ3) is 1.00. The maximum Gasteiger partial charge on any atom is 0.0876 e. The van der Waals surface area contributed by atoms with E-state index in [1.165, 1.54) is 10.9 Å². The average molecular weight is 146 g/mol. The van der Waals surface area contributed by atoms with Crippen LogP contribution in [0.2, 0.25) is 0 Å². The van der Waals surface area contributed by atoms with Gasteiger partial charge in [0.05, 0.1) is 5.52 Å². The number of nitrogens with one attached hydrogen (secondary N) is 1. The van der Waals surface area contributed by atoms with Gasteiger partial charge in [-0.3, -0.25) is 4.98 Å². The van der Waals surface area contributed by atoms with Crippen molar-refractivity contribution in [1.82, 2.24) is 9.97 Å². The number of pyridine rings is 1. The number of aryl methyl sites for hydroxylation is 1. The van der Waals surface area contributed by atoms with Gasteiger partial charge in [0, 0.05) is 24.0 Å². The first-order chi connectivity index (χ1) is 5.40. The van der Waals surface area contributed by atoms with Crippen LogP contribution >= 0.6 is 0 Å². The lowest BCUT2D eigenvalue weighted by Crippen LogP contribution is -1.80. The van der Waals surface area contributed by atoms with Crippen LogP contribution in [-0.2, 0) is 6.42 Å². The summed E-state index contributed by atoms with van der Waals surface area (Å²) in [4.78, 5) is 7.31. The molecule has 56 valence electrons. The minimum Gasteiger partial charge on any atom is -0.365 e. The topological polar surface area (TPSA) is 28.7 Å². The van der Waals surface area contributed by atoms with E-state index in [0.29, 0.717) is 0 Å². The Labute approximate surface area is 65.3 Å². The summed E-state index contributed by atoms with van der Waals surface area (Å²) in [6.45, 7) is 2.13. The van der Waals surface area contributed by atoms with Crippen molar-refractivity contribution in [3.8, 4) is 0 Å². The summed E-state index contributed by atoms with van der Waals surface area (Å²) in [6.07, 6.45) is 6.86. The first-order valence-electron chi connectivity index (χ1n) is 3.81. The summed E-state index contributed by atoms with van der Waals surface area (Å²) in [6, 6.07) is 2.17. The van der Waals surface area contributed by atoms with Gasteiger partial charge in [0.1, 0.15) is 0 Å². The lowest BCUT2D eigenvalue weighted by molar-refractivity contribution is 1.12. The maximum atomic E-state index is 4.28. The average Bonchev–Trinajstić information content (AvgIpc) is 2.50. The Hall–Kier alpha value is -1.31. The van der Waals surface area contributed by atoms with Gasteiger partial charge >= 0.3 is 0 Å². The molecule has 0 unspecified atom stereocenters. The molecule has 0 bridgehead atoms. The van der Waals surface area contributed by atoms with Crippen LogP contribution in [0.1, 0.15) is 12.5 Å². The number of fused-ring (bicyclic) bond motifs is 1. The van der Waals surface area contributed by atoms with Crippen LogP contribution in [0.3, 0.4) is 0 Å². The summed E-state index contributed by atoms with van der Waals surface area (Å²) >= 11 is 0. The molecule has 0 aliphatic rings. The number of aromatic nitrogens is 2. The van der Waals surface area contributed by atoms with Crippen LogP contribution in [0.25, 0.3) is 10.9 Å². The molecule has 0 spiro atoms. The van der Waals surface area contributed by atoms with Gasteiger partial charge in [0.2, 0.25) is 0 Å². The van der Waals surface area contributed by atoms with E-state index >= 15 is 0 Å². The van der Waals surface area contributed by atoms with Gasteiger partial charge in [-0.1, -0.05) is 6.92 Å². The van der Waals surface area contributed by atoms with Gasteiger partial charge in [-0.05, 0) is 18.1 Å². The zero-order valence-electron chi connectivity index (χ0n) is 6.46. The predicted octanol–water partition coefficient (Wildman–Crippen LogP) is 2.13. The zero-order chi connectivity index (χ0) is 7.68. The standard InChI is InChI=1S/C9H10N2/c1-2-7-3-8-5-10-6-9(8)11-4-7/h3-6,10H,2H2,1H3. The van der Waals surface area contributed by atoms with E-state index in [-0.39, 0.29) is 0 Å². The van der Waals surface area contributed by atoms with Crippen LogP contribution in [-0.4, -0.2) is 9.97 Å². The molecule has 1 N–H and O–H groups in total. The monoisotopic (exact) mass is 146 g/mol. The molecule has 0 aliphatic carbocycles. The molecule has 0 saturated heterocycles. The summed E-state index contributed by atoms with van der Waals surface area (Å²) in [5.74, 6) is 0. The van der Waals surface area contributed by atoms with Crippen molar-refractivity contribution < 1.29 is 0 Å². The lowest BCUT2D eigenvalue weighted by atomic mass is 10.2. The highest BCUT2D eigenvalue weighted by atomic mass is 14.7. The van der Waals surface area contributed by atoms with Crippen molar-refractivity contribution in [2.45, 2.75) is 13.3 Å². The van der Waals surface area contributed by atoms with Gasteiger partial charge in [-0.25, -0.2) is 0 Å². The van der Waals surface area contributed by atoms with E-state index in [2.05, 4.69) is 23.0 Å². The number of H-pyrrole nitrogens is 1. The van der Waals surface area contributed by atoms with E-state index in [0.717, 1.165) is 11.9 Å². The third-order valence-corrected chi connectivity index (χ3v) is 1.87. The fourth-order valence-electron chi connectivity index (χ4n) is 1.18. The molecule has 2 heteroatoms. The maximum absolute atomic E-state index is 4.28. The molecule has 0 aliphatic heterocycles. The Bertz CT molecular complexity index is 362. The quantitative estimate of drug-likeness (QED) is 0.656. The highest BCUT2D eigenvalue weighted by molar-refractivity contribution is 5.78. The number of hydrogen-bond donors (Lipinski definition) is 1. The van der Waals surface area contributed by atoms with Crippen molar-refractivity contribution in [3.63, 3.8) is 0 Å². The van der Waals surface area contributed by atoms with Crippen molar-refractivity contribution in [1.29, 1.82) is 0 Å². The Morgan fingerprint density at radius 3 is 3.18 bits per heavy atom. The predicted molar refractivity (Wildman–Crippen MR) is 45.5 cm³/mol. The van der Waals surface area contributed by atoms with Gasteiger partial charge in [0.15, 0.2) is 0 Å². The molecule has 11 heavy (non-hydrogen) atoms. The Morgan fingerprint density at radius 1 is 1.45 bits per heavy atom. The van der Waals surface area contributed by atoms with E-state index in [4.69, 9.17) is 0 Å². The van der Waals surface area contributed by atoms with E-state index < -0.39 is 0 Å². The number of nitrogens with zero attached hydrogens (tertiary/aromatic N) is 1. The molecule has 0 atom stereocenters. The van der Waals surface area contributed by atoms with Crippen LogP contribution in [0.4, 0.5) is 0 Å². The van der Waals surface area contributed by atoms with Crippen molar-refractivity contribution in [2.75, 3.05) is 0 Å². The molecule has 0 amide bonds. The molecular formula is C9H10N2. The molecular weight excluding hydrogens is 136 g/mol. The van der Waals surface area contributed by atoms with Crippen molar-refractivity contribution in [2.24, 2.45) is 0 Å². The van der Waals surface area contributed by atoms with Gasteiger partial charge in [-0.15, -0.1) is 0 Å². The van der Waals surface area contributed by atoms with Crippen LogP contribution < -0.4 is 0 Å². The normalized spacial score (nSPS) is 10.6. The Morgan fingerprint density at radius 2 is 2.36 bits per heavy atom. The first-order valence-corrected chi connectivity index (χ1v) is 3.81. The lowest BCUT2D eigenvalue weighted by Gasteiger charge is -1.93. The summed E-state index contributed by atoms with van der Waals surface area (Å²) in [7, 11) is 0. The van der Waals surface area contributed by atoms with Crippen LogP contribution in [0, 0.1) is 0 Å². The fourth-order valence-corrected chi connectivity index (χ4v) is 1.18. The SMILES string of the molecule is CCc1cnc2c[nH]cc2c1. The molecule has 0 fully saturated rings. The zero-order valence-corrected chi connectivity index (χ0v) is 6.46. The first kappa shape index (κ1) is 6.40. The molecule has 0 radical (unpaired) electrons. The third-order valence-electron chi connectivity index (χ3n) is 1.87. The largest absolute Gasteiger partial charge is 0.365 e. The molecule has 0 saturated carbocycles. The smallest absolute Gasteiger partial charge is 0.0876 e. The van der Waals surface area contributed by atoms with E-state index in [1.807, 2.05) is 18.6 Å². The number of hydrogen-bond acceptors (Lipinski definition) is 1. The second kappa shape index (κ2) is 2.38. The highest BCUT2D eigenvalue weighted by Crippen LogP contribution is 2.11. The highest BCUT2D eigenvalue weighted by Gasteiger charge is 1.95. The molecule has 2 heterocycles. The van der Waals surface area contributed by atoms with Gasteiger partial charge in [0.25, 0.3) is 0 Å². The molecule has 0 aromatic carbocycles. The van der Waals surface area contributed by atoms with Crippen LogP contribution in [0.5, 0.6) is 0 Å². The van der Waals surface area contributed by atoms with Crippen LogP contribution in [0.15, 0.2) is 24.7 Å². The van der Waals surface area contributed by atoms with E-state index in [1.54, 1.807) is 0 Å². The molecule has 2 aromatic heterocycles. The van der Waals surface area contributed by atoms with Crippen molar-refractivity contribution >= 4 is 10.9 Å². The molecule has 2 rings (SSSR count). The second-order valence-corrected chi connectivity index (χ2v) is 2.63. The molecule has 2 aromatic rings.